The SMILES string of the molecule is C=CCN1C(=O)C(=Cc2cn(-c3ccccc3)nc2-c2ccc(OC)c([N+](=O)[O-])c2)SC1=S. The molecule has 1 aliphatic heterocycles. The normalized spacial score (nSPS) is 14.7. The molecule has 0 atom stereocenters. The summed E-state index contributed by atoms with van der Waals surface area (Å²) in [6.45, 7) is 3.99. The number of rotatable bonds is 7. The van der Waals surface area contributed by atoms with E-state index in [1.54, 1.807) is 29.1 Å². The van der Waals surface area contributed by atoms with Crippen molar-refractivity contribution in [1.29, 1.82) is 0 Å². The van der Waals surface area contributed by atoms with Gasteiger partial charge in [-0.1, -0.05) is 48.3 Å². The first kappa shape index (κ1) is 22.4. The van der Waals surface area contributed by atoms with E-state index >= 15 is 0 Å². The van der Waals surface area contributed by atoms with E-state index in [-0.39, 0.29) is 17.3 Å². The van der Waals surface area contributed by atoms with Crippen LogP contribution in [-0.4, -0.2) is 43.5 Å². The number of hydrogen-bond acceptors (Lipinski definition) is 7. The van der Waals surface area contributed by atoms with Crippen LogP contribution >= 0.6 is 24.0 Å². The number of nitro benzene ring substituents is 1. The van der Waals surface area contributed by atoms with Gasteiger partial charge in [-0.05, 0) is 30.3 Å². The number of carbonyl (C=O) groups excluding carboxylic acids is 1. The smallest absolute Gasteiger partial charge is 0.311 e. The van der Waals surface area contributed by atoms with Crippen LogP contribution in [0.2, 0.25) is 0 Å². The molecule has 166 valence electrons. The zero-order valence-electron chi connectivity index (χ0n) is 17.5. The number of nitro groups is 1. The van der Waals surface area contributed by atoms with Gasteiger partial charge in [0.25, 0.3) is 5.91 Å². The first-order valence-electron chi connectivity index (χ1n) is 9.77. The molecule has 0 spiro atoms. The number of methoxy groups -OCH3 is 1. The Kier molecular flexibility index (Phi) is 6.38. The maximum Gasteiger partial charge on any atom is 0.311 e. The fourth-order valence-electron chi connectivity index (χ4n) is 3.34. The number of ether oxygens (including phenoxy) is 1. The van der Waals surface area contributed by atoms with Gasteiger partial charge in [0.15, 0.2) is 5.75 Å². The van der Waals surface area contributed by atoms with Gasteiger partial charge in [-0.15, -0.1) is 6.58 Å². The van der Waals surface area contributed by atoms with Crippen molar-refractivity contribution in [2.45, 2.75) is 0 Å². The van der Waals surface area contributed by atoms with E-state index in [1.165, 1.54) is 35.9 Å². The first-order chi connectivity index (χ1) is 15.9. The van der Waals surface area contributed by atoms with Crippen molar-refractivity contribution in [1.82, 2.24) is 14.7 Å². The summed E-state index contributed by atoms with van der Waals surface area (Å²) in [5.41, 5.74) is 2.26. The van der Waals surface area contributed by atoms with Gasteiger partial charge in [0.1, 0.15) is 10.0 Å². The Bertz CT molecular complexity index is 1300. The van der Waals surface area contributed by atoms with Crippen molar-refractivity contribution in [2.75, 3.05) is 13.7 Å². The molecule has 1 amide bonds. The second-order valence-corrected chi connectivity index (χ2v) is 8.61. The molecule has 1 aliphatic rings. The molecule has 0 bridgehead atoms. The highest BCUT2D eigenvalue weighted by Crippen LogP contribution is 2.37. The molecule has 0 saturated carbocycles. The fraction of sp³-hybridized carbons (Fsp3) is 0.0870. The third-order valence-corrected chi connectivity index (χ3v) is 6.26. The molecule has 0 aliphatic carbocycles. The Morgan fingerprint density at radius 1 is 1.27 bits per heavy atom. The average molecular weight is 479 g/mol. The zero-order chi connectivity index (χ0) is 23.5. The third kappa shape index (κ3) is 4.43. The van der Waals surface area contributed by atoms with Crippen LogP contribution < -0.4 is 4.74 Å². The van der Waals surface area contributed by atoms with Crippen LogP contribution in [0.25, 0.3) is 23.0 Å². The highest BCUT2D eigenvalue weighted by atomic mass is 32.2. The molecule has 4 rings (SSSR count). The predicted molar refractivity (Wildman–Crippen MR) is 132 cm³/mol. The number of para-hydroxylation sites is 1. The average Bonchev–Trinajstić information content (AvgIpc) is 3.36. The van der Waals surface area contributed by atoms with Gasteiger partial charge in [-0.3, -0.25) is 19.8 Å². The van der Waals surface area contributed by atoms with E-state index in [1.807, 2.05) is 30.3 Å². The molecule has 2 aromatic carbocycles. The standard InChI is InChI=1S/C23H18N4O4S2/c1-3-11-25-22(28)20(33-23(25)32)13-16-14-26(17-7-5-4-6-8-17)24-21(16)15-9-10-19(31-2)18(12-15)27(29)30/h3-10,12-14H,1,11H2,2H3. The molecule has 3 aromatic rings. The molecule has 10 heteroatoms. The predicted octanol–water partition coefficient (Wildman–Crippen LogP) is 4.84. The summed E-state index contributed by atoms with van der Waals surface area (Å²) in [4.78, 5) is 25.8. The summed E-state index contributed by atoms with van der Waals surface area (Å²) in [5, 5.41) is 16.2. The van der Waals surface area contributed by atoms with Crippen LogP contribution in [0.5, 0.6) is 5.75 Å². The van der Waals surface area contributed by atoms with Crippen molar-refractivity contribution < 1.29 is 14.5 Å². The number of thioether (sulfide) groups is 1. The maximum atomic E-state index is 12.8. The molecule has 2 heterocycles. The molecule has 33 heavy (non-hydrogen) atoms. The minimum atomic E-state index is -0.503. The van der Waals surface area contributed by atoms with Crippen LogP contribution in [0.4, 0.5) is 5.69 Å². The minimum absolute atomic E-state index is 0.151. The molecule has 0 radical (unpaired) electrons. The van der Waals surface area contributed by atoms with E-state index in [9.17, 15) is 14.9 Å². The monoisotopic (exact) mass is 478 g/mol. The van der Waals surface area contributed by atoms with E-state index in [2.05, 4.69) is 11.7 Å². The lowest BCUT2D eigenvalue weighted by molar-refractivity contribution is -0.385. The number of amides is 1. The Balaban J connectivity index is 1.86. The molecule has 1 fully saturated rings. The molecule has 0 N–H and O–H groups in total. The van der Waals surface area contributed by atoms with Gasteiger partial charge in [0.05, 0.1) is 22.6 Å². The van der Waals surface area contributed by atoms with Crippen molar-refractivity contribution in [3.05, 3.63) is 88.0 Å². The van der Waals surface area contributed by atoms with Crippen LogP contribution in [0.1, 0.15) is 5.56 Å². The Hall–Kier alpha value is -3.76. The minimum Gasteiger partial charge on any atom is -0.490 e. The van der Waals surface area contributed by atoms with Gasteiger partial charge in [0, 0.05) is 29.9 Å². The van der Waals surface area contributed by atoms with Gasteiger partial charge >= 0.3 is 5.69 Å². The topological polar surface area (TPSA) is 90.5 Å². The quantitative estimate of drug-likeness (QED) is 0.158. The van der Waals surface area contributed by atoms with Crippen molar-refractivity contribution >= 4 is 46.0 Å². The van der Waals surface area contributed by atoms with E-state index < -0.39 is 4.92 Å². The number of carbonyl (C=O) groups is 1. The lowest BCUT2D eigenvalue weighted by atomic mass is 10.1. The Labute approximate surface area is 199 Å². The van der Waals surface area contributed by atoms with Crippen LogP contribution in [-0.2, 0) is 4.79 Å². The number of hydrogen-bond donors (Lipinski definition) is 0. The largest absolute Gasteiger partial charge is 0.490 e. The van der Waals surface area contributed by atoms with Crippen molar-refractivity contribution in [2.24, 2.45) is 0 Å². The van der Waals surface area contributed by atoms with Gasteiger partial charge in [-0.25, -0.2) is 4.68 Å². The molecular weight excluding hydrogens is 460 g/mol. The maximum absolute atomic E-state index is 12.8. The van der Waals surface area contributed by atoms with E-state index in [4.69, 9.17) is 17.0 Å². The first-order valence-corrected chi connectivity index (χ1v) is 11.0. The van der Waals surface area contributed by atoms with Gasteiger partial charge in [0.2, 0.25) is 0 Å². The molecule has 1 aromatic heterocycles. The summed E-state index contributed by atoms with van der Waals surface area (Å²) in [7, 11) is 1.38. The van der Waals surface area contributed by atoms with E-state index in [0.29, 0.717) is 32.6 Å². The highest BCUT2D eigenvalue weighted by Gasteiger charge is 2.31. The number of aromatic nitrogens is 2. The second kappa shape index (κ2) is 9.39. The number of benzene rings is 2. The summed E-state index contributed by atoms with van der Waals surface area (Å²) in [6.07, 6.45) is 5.10. The van der Waals surface area contributed by atoms with Crippen molar-refractivity contribution in [3.8, 4) is 22.7 Å². The van der Waals surface area contributed by atoms with Gasteiger partial charge < -0.3 is 4.74 Å². The van der Waals surface area contributed by atoms with Crippen LogP contribution in [0.15, 0.2) is 72.3 Å². The van der Waals surface area contributed by atoms with Gasteiger partial charge in [-0.2, -0.15) is 5.10 Å². The Morgan fingerprint density at radius 3 is 2.70 bits per heavy atom. The van der Waals surface area contributed by atoms with Crippen LogP contribution in [0, 0.1) is 10.1 Å². The summed E-state index contributed by atoms with van der Waals surface area (Å²) >= 11 is 6.52. The highest BCUT2D eigenvalue weighted by molar-refractivity contribution is 8.26. The van der Waals surface area contributed by atoms with Crippen LogP contribution in [0.3, 0.4) is 0 Å². The Morgan fingerprint density at radius 2 is 2.03 bits per heavy atom. The van der Waals surface area contributed by atoms with Crippen molar-refractivity contribution in [3.63, 3.8) is 0 Å². The lowest BCUT2D eigenvalue weighted by Gasteiger charge is -2.10. The lowest BCUT2D eigenvalue weighted by Crippen LogP contribution is -2.27. The zero-order valence-corrected chi connectivity index (χ0v) is 19.1. The number of nitrogens with zero attached hydrogens (tertiary/aromatic N) is 4. The third-order valence-electron chi connectivity index (χ3n) is 4.88. The molecular formula is C23H18N4O4S2. The number of thiocarbonyl (C=S) groups is 1. The molecule has 0 unspecified atom stereocenters. The van der Waals surface area contributed by atoms with E-state index in [0.717, 1.165) is 5.69 Å². The summed E-state index contributed by atoms with van der Waals surface area (Å²) in [5.74, 6) is -0.0675. The summed E-state index contributed by atoms with van der Waals surface area (Å²) in [6, 6.07) is 14.1. The second-order valence-electron chi connectivity index (χ2n) is 6.94. The fourth-order valence-corrected chi connectivity index (χ4v) is 4.60. The molecule has 1 saturated heterocycles. The molecule has 8 nitrogen and oxygen atoms in total. The summed E-state index contributed by atoms with van der Waals surface area (Å²) < 4.78 is 7.23.